The van der Waals surface area contributed by atoms with Crippen LogP contribution in [0.5, 0.6) is 11.5 Å². The number of amides is 1. The van der Waals surface area contributed by atoms with Crippen molar-refractivity contribution < 1.29 is 14.3 Å². The summed E-state index contributed by atoms with van der Waals surface area (Å²) in [6.45, 7) is 4.87. The molecule has 6 heteroatoms. The summed E-state index contributed by atoms with van der Waals surface area (Å²) >= 11 is 0. The average molecular weight is 369 g/mol. The molecule has 1 aliphatic heterocycles. The van der Waals surface area contributed by atoms with Crippen molar-refractivity contribution in [2.75, 3.05) is 37.4 Å². The lowest BCUT2D eigenvalue weighted by Gasteiger charge is -2.22. The minimum Gasteiger partial charge on any atom is -0.494 e. The Morgan fingerprint density at radius 3 is 2.67 bits per heavy atom. The first-order valence-electron chi connectivity index (χ1n) is 9.37. The van der Waals surface area contributed by atoms with E-state index in [4.69, 9.17) is 15.2 Å². The monoisotopic (exact) mass is 369 g/mol. The van der Waals surface area contributed by atoms with Gasteiger partial charge in [0.2, 0.25) is 5.91 Å². The fraction of sp³-hybridized carbons (Fsp3) is 0.381. The lowest BCUT2D eigenvalue weighted by atomic mass is 9.98. The van der Waals surface area contributed by atoms with Gasteiger partial charge in [-0.2, -0.15) is 0 Å². The largest absolute Gasteiger partial charge is 0.494 e. The van der Waals surface area contributed by atoms with E-state index in [1.807, 2.05) is 43.3 Å². The summed E-state index contributed by atoms with van der Waals surface area (Å²) in [5, 5.41) is 6.31. The maximum absolute atomic E-state index is 11.6. The number of carbonyl (C=O) groups excluding carboxylic acids is 1. The van der Waals surface area contributed by atoms with Crippen LogP contribution in [-0.4, -0.2) is 32.2 Å². The highest BCUT2D eigenvalue weighted by atomic mass is 16.5. The molecule has 2 aromatic rings. The van der Waals surface area contributed by atoms with Crippen LogP contribution in [0.3, 0.4) is 0 Å². The molecule has 0 atom stereocenters. The number of rotatable bonds is 9. The van der Waals surface area contributed by atoms with Gasteiger partial charge in [-0.1, -0.05) is 6.07 Å². The second-order valence-corrected chi connectivity index (χ2v) is 6.65. The molecule has 0 saturated heterocycles. The molecule has 6 nitrogen and oxygen atoms in total. The van der Waals surface area contributed by atoms with Crippen molar-refractivity contribution in [1.29, 1.82) is 0 Å². The minimum atomic E-state index is 0.0746. The Morgan fingerprint density at radius 1 is 1.04 bits per heavy atom. The molecule has 0 aromatic heterocycles. The van der Waals surface area contributed by atoms with Crippen molar-refractivity contribution in [3.63, 3.8) is 0 Å². The molecule has 2 aromatic carbocycles. The van der Waals surface area contributed by atoms with Crippen LogP contribution < -0.4 is 25.8 Å². The molecular formula is C21H27N3O3. The van der Waals surface area contributed by atoms with Gasteiger partial charge < -0.3 is 25.8 Å². The van der Waals surface area contributed by atoms with Gasteiger partial charge in [0.1, 0.15) is 18.1 Å². The lowest BCUT2D eigenvalue weighted by molar-refractivity contribution is -0.116. The number of aryl methyl sites for hydroxylation is 1. The number of benzene rings is 2. The SMILES string of the molecule is Cc1ccc(OCCNCCCOc2ccc(N)cc2)c2c1NC(=O)CC2. The number of nitrogen functional groups attached to an aromatic ring is 1. The van der Waals surface area contributed by atoms with Crippen molar-refractivity contribution in [3.8, 4) is 11.5 Å². The van der Waals surface area contributed by atoms with Crippen LogP contribution in [0.2, 0.25) is 0 Å². The Balaban J connectivity index is 1.33. The molecule has 0 spiro atoms. The molecule has 0 saturated carbocycles. The van der Waals surface area contributed by atoms with Gasteiger partial charge in [0, 0.05) is 24.2 Å². The Hall–Kier alpha value is -2.73. The van der Waals surface area contributed by atoms with Gasteiger partial charge in [-0.05, 0) is 62.2 Å². The first kappa shape index (κ1) is 19.0. The quantitative estimate of drug-likeness (QED) is 0.467. The highest BCUT2D eigenvalue weighted by Crippen LogP contribution is 2.33. The summed E-state index contributed by atoms with van der Waals surface area (Å²) in [5.41, 5.74) is 9.47. The predicted octanol–water partition coefficient (Wildman–Crippen LogP) is 2.90. The summed E-state index contributed by atoms with van der Waals surface area (Å²) in [7, 11) is 0. The smallest absolute Gasteiger partial charge is 0.224 e. The van der Waals surface area contributed by atoms with Crippen LogP contribution in [0, 0.1) is 6.92 Å². The van der Waals surface area contributed by atoms with Gasteiger partial charge in [-0.3, -0.25) is 4.79 Å². The standard InChI is InChI=1S/C21H27N3O3/c1-15-3-9-19(18-8-10-20(25)24-21(15)18)27-14-12-23-11-2-13-26-17-6-4-16(22)5-7-17/h3-7,9,23H,2,8,10-14,22H2,1H3,(H,24,25). The molecule has 1 amide bonds. The van der Waals surface area contributed by atoms with Crippen LogP contribution in [-0.2, 0) is 11.2 Å². The van der Waals surface area contributed by atoms with Gasteiger partial charge in [0.05, 0.1) is 12.3 Å². The Morgan fingerprint density at radius 2 is 1.85 bits per heavy atom. The summed E-state index contributed by atoms with van der Waals surface area (Å²) in [6.07, 6.45) is 2.16. The summed E-state index contributed by atoms with van der Waals surface area (Å²) in [4.78, 5) is 11.6. The number of fused-ring (bicyclic) bond motifs is 1. The highest BCUT2D eigenvalue weighted by molar-refractivity contribution is 5.95. The predicted molar refractivity (Wildman–Crippen MR) is 107 cm³/mol. The van der Waals surface area contributed by atoms with E-state index < -0.39 is 0 Å². The van der Waals surface area contributed by atoms with Crippen LogP contribution in [0.15, 0.2) is 36.4 Å². The molecule has 0 aliphatic carbocycles. The van der Waals surface area contributed by atoms with Crippen molar-refractivity contribution >= 4 is 17.3 Å². The Labute approximate surface area is 160 Å². The van der Waals surface area contributed by atoms with E-state index in [1.54, 1.807) is 0 Å². The second-order valence-electron chi connectivity index (χ2n) is 6.65. The molecule has 0 radical (unpaired) electrons. The van der Waals surface area contributed by atoms with E-state index in [0.717, 1.165) is 59.9 Å². The normalized spacial score (nSPS) is 13.0. The van der Waals surface area contributed by atoms with E-state index in [-0.39, 0.29) is 5.91 Å². The molecule has 1 aliphatic rings. The molecule has 3 rings (SSSR count). The van der Waals surface area contributed by atoms with Crippen molar-refractivity contribution in [2.45, 2.75) is 26.2 Å². The number of carbonyl (C=O) groups is 1. The van der Waals surface area contributed by atoms with Crippen molar-refractivity contribution in [3.05, 3.63) is 47.5 Å². The molecule has 0 fully saturated rings. The second kappa shape index (κ2) is 9.28. The highest BCUT2D eigenvalue weighted by Gasteiger charge is 2.20. The van der Waals surface area contributed by atoms with Gasteiger partial charge in [0.15, 0.2) is 0 Å². The van der Waals surface area contributed by atoms with Crippen molar-refractivity contribution in [2.24, 2.45) is 0 Å². The van der Waals surface area contributed by atoms with E-state index in [2.05, 4.69) is 10.6 Å². The minimum absolute atomic E-state index is 0.0746. The summed E-state index contributed by atoms with van der Waals surface area (Å²) in [6, 6.07) is 11.4. The van der Waals surface area contributed by atoms with E-state index in [1.165, 1.54) is 0 Å². The molecule has 0 bridgehead atoms. The molecule has 1 heterocycles. The van der Waals surface area contributed by atoms with Crippen LogP contribution in [0.1, 0.15) is 24.0 Å². The van der Waals surface area contributed by atoms with Crippen LogP contribution in [0.25, 0.3) is 0 Å². The first-order valence-corrected chi connectivity index (χ1v) is 9.37. The summed E-state index contributed by atoms with van der Waals surface area (Å²) in [5.74, 6) is 1.78. The zero-order valence-corrected chi connectivity index (χ0v) is 15.7. The number of anilines is 2. The summed E-state index contributed by atoms with van der Waals surface area (Å²) < 4.78 is 11.6. The topological polar surface area (TPSA) is 85.6 Å². The van der Waals surface area contributed by atoms with E-state index >= 15 is 0 Å². The zero-order chi connectivity index (χ0) is 19.1. The van der Waals surface area contributed by atoms with Crippen molar-refractivity contribution in [1.82, 2.24) is 5.32 Å². The molecule has 144 valence electrons. The molecule has 27 heavy (non-hydrogen) atoms. The third kappa shape index (κ3) is 5.37. The molecule has 4 N–H and O–H groups in total. The maximum atomic E-state index is 11.6. The number of nitrogens with one attached hydrogen (secondary N) is 2. The number of nitrogens with two attached hydrogens (primary N) is 1. The fourth-order valence-corrected chi connectivity index (χ4v) is 3.05. The van der Waals surface area contributed by atoms with Crippen LogP contribution in [0.4, 0.5) is 11.4 Å². The van der Waals surface area contributed by atoms with E-state index in [9.17, 15) is 4.79 Å². The van der Waals surface area contributed by atoms with E-state index in [0.29, 0.717) is 19.6 Å². The Kier molecular flexibility index (Phi) is 6.54. The maximum Gasteiger partial charge on any atom is 0.224 e. The first-order chi connectivity index (χ1) is 13.1. The number of ether oxygens (including phenoxy) is 2. The third-order valence-electron chi connectivity index (χ3n) is 4.53. The molecule has 0 unspecified atom stereocenters. The zero-order valence-electron chi connectivity index (χ0n) is 15.7. The van der Waals surface area contributed by atoms with Gasteiger partial charge in [-0.15, -0.1) is 0 Å². The number of hydrogen-bond donors (Lipinski definition) is 3. The Bertz CT molecular complexity index is 775. The third-order valence-corrected chi connectivity index (χ3v) is 4.53. The van der Waals surface area contributed by atoms with Gasteiger partial charge in [0.25, 0.3) is 0 Å². The fourth-order valence-electron chi connectivity index (χ4n) is 3.05. The van der Waals surface area contributed by atoms with Crippen LogP contribution >= 0.6 is 0 Å². The van der Waals surface area contributed by atoms with Gasteiger partial charge in [-0.25, -0.2) is 0 Å². The average Bonchev–Trinajstić information content (AvgIpc) is 2.67. The lowest BCUT2D eigenvalue weighted by Crippen LogP contribution is -2.24. The van der Waals surface area contributed by atoms with Gasteiger partial charge >= 0.3 is 0 Å². The number of hydrogen-bond acceptors (Lipinski definition) is 5. The molecular weight excluding hydrogens is 342 g/mol.